The van der Waals surface area contributed by atoms with Crippen molar-refractivity contribution in [3.05, 3.63) is 70.3 Å². The van der Waals surface area contributed by atoms with Crippen molar-refractivity contribution in [2.45, 2.75) is 51.6 Å². The summed E-state index contributed by atoms with van der Waals surface area (Å²) in [6, 6.07) is 15.3. The Morgan fingerprint density at radius 2 is 1.93 bits per heavy atom. The van der Waals surface area contributed by atoms with Gasteiger partial charge in [-0.1, -0.05) is 24.3 Å². The Labute approximate surface area is 175 Å². The van der Waals surface area contributed by atoms with E-state index in [0.29, 0.717) is 36.2 Å². The van der Waals surface area contributed by atoms with Crippen LogP contribution >= 0.6 is 0 Å². The second-order valence-corrected chi connectivity index (χ2v) is 7.74. The van der Waals surface area contributed by atoms with Gasteiger partial charge in [0.2, 0.25) is 5.91 Å². The van der Waals surface area contributed by atoms with Crippen molar-refractivity contribution in [3.63, 3.8) is 0 Å². The lowest BCUT2D eigenvalue weighted by Crippen LogP contribution is -2.29. The molecule has 1 atom stereocenters. The first-order valence-electron chi connectivity index (χ1n) is 10.6. The van der Waals surface area contributed by atoms with Gasteiger partial charge in [0.05, 0.1) is 23.6 Å². The Hall–Kier alpha value is -3.15. The van der Waals surface area contributed by atoms with E-state index in [9.17, 15) is 9.59 Å². The second kappa shape index (κ2) is 8.69. The number of para-hydroxylation sites is 1. The molecule has 1 aliphatic rings. The number of carbonyl (C=O) groups is 1. The van der Waals surface area contributed by atoms with Crippen LogP contribution in [-0.4, -0.2) is 22.1 Å². The van der Waals surface area contributed by atoms with Crippen molar-refractivity contribution in [2.75, 3.05) is 6.61 Å². The number of nitrogens with one attached hydrogen (secondary N) is 1. The van der Waals surface area contributed by atoms with Crippen molar-refractivity contribution < 1.29 is 9.53 Å². The summed E-state index contributed by atoms with van der Waals surface area (Å²) < 4.78 is 7.26. The van der Waals surface area contributed by atoms with Crippen LogP contribution in [0.4, 0.5) is 0 Å². The molecule has 4 rings (SSSR count). The van der Waals surface area contributed by atoms with Crippen LogP contribution in [0.5, 0.6) is 5.75 Å². The van der Waals surface area contributed by atoms with Crippen molar-refractivity contribution >= 4 is 16.8 Å². The van der Waals surface area contributed by atoms with Gasteiger partial charge in [-0.3, -0.25) is 14.2 Å². The second-order valence-electron chi connectivity index (χ2n) is 7.74. The van der Waals surface area contributed by atoms with Crippen LogP contribution in [-0.2, 0) is 11.2 Å². The van der Waals surface area contributed by atoms with Gasteiger partial charge < -0.3 is 10.1 Å². The van der Waals surface area contributed by atoms with E-state index in [1.807, 2.05) is 62.4 Å². The molecule has 2 aromatic carbocycles. The fraction of sp³-hybridized carbons (Fsp3) is 0.375. The van der Waals surface area contributed by atoms with Gasteiger partial charge in [0.25, 0.3) is 5.56 Å². The van der Waals surface area contributed by atoms with E-state index >= 15 is 0 Å². The molecule has 0 aliphatic heterocycles. The molecule has 1 aliphatic carbocycles. The highest BCUT2D eigenvalue weighted by molar-refractivity contribution is 5.78. The fourth-order valence-corrected chi connectivity index (χ4v) is 3.72. The zero-order valence-electron chi connectivity index (χ0n) is 17.4. The summed E-state index contributed by atoms with van der Waals surface area (Å²) >= 11 is 0. The van der Waals surface area contributed by atoms with Gasteiger partial charge in [-0.2, -0.15) is 0 Å². The van der Waals surface area contributed by atoms with Gasteiger partial charge in [0, 0.05) is 18.9 Å². The lowest BCUT2D eigenvalue weighted by atomic mass is 10.1. The van der Waals surface area contributed by atoms with Gasteiger partial charge in [-0.15, -0.1) is 0 Å². The fourth-order valence-electron chi connectivity index (χ4n) is 3.72. The van der Waals surface area contributed by atoms with Gasteiger partial charge >= 0.3 is 0 Å². The topological polar surface area (TPSA) is 73.2 Å². The third kappa shape index (κ3) is 4.37. The minimum absolute atomic E-state index is 0.00117. The van der Waals surface area contributed by atoms with E-state index in [4.69, 9.17) is 9.72 Å². The van der Waals surface area contributed by atoms with Crippen LogP contribution in [0.3, 0.4) is 0 Å². The number of aryl methyl sites for hydroxylation is 1. The number of hydrogen-bond acceptors (Lipinski definition) is 4. The van der Waals surface area contributed by atoms with Crippen LogP contribution in [0.15, 0.2) is 53.3 Å². The highest BCUT2D eigenvalue weighted by Crippen LogP contribution is 2.34. The van der Waals surface area contributed by atoms with Crippen molar-refractivity contribution in [1.82, 2.24) is 14.9 Å². The van der Waals surface area contributed by atoms with Crippen molar-refractivity contribution in [3.8, 4) is 5.75 Å². The lowest BCUT2D eigenvalue weighted by Gasteiger charge is -2.16. The molecular formula is C24H27N3O3. The minimum Gasteiger partial charge on any atom is -0.494 e. The molecule has 1 amide bonds. The molecule has 1 fully saturated rings. The first kappa shape index (κ1) is 20.1. The molecule has 1 heterocycles. The summed E-state index contributed by atoms with van der Waals surface area (Å²) in [5, 5.41) is 3.68. The maximum absolute atomic E-state index is 12.9. The first-order valence-corrected chi connectivity index (χ1v) is 10.6. The standard InChI is InChI=1S/C24H27N3O3/c1-3-30-19-12-8-17(9-13-19)16(2)25-23(28)15-14-22-26-21-7-5-4-6-20(21)24(29)27(22)18-10-11-18/h4-9,12-13,16,18H,3,10-11,14-15H2,1-2H3,(H,25,28). The van der Waals surface area contributed by atoms with Crippen LogP contribution < -0.4 is 15.6 Å². The molecule has 0 saturated heterocycles. The molecule has 156 valence electrons. The number of fused-ring (bicyclic) bond motifs is 1. The Balaban J connectivity index is 1.44. The highest BCUT2D eigenvalue weighted by Gasteiger charge is 2.28. The smallest absolute Gasteiger partial charge is 0.261 e. The molecule has 0 bridgehead atoms. The number of ether oxygens (including phenoxy) is 1. The average molecular weight is 405 g/mol. The Kier molecular flexibility index (Phi) is 5.84. The molecule has 3 aromatic rings. The predicted molar refractivity (Wildman–Crippen MR) is 117 cm³/mol. The normalized spacial score (nSPS) is 14.5. The summed E-state index contributed by atoms with van der Waals surface area (Å²) in [5.74, 6) is 1.46. The molecule has 0 radical (unpaired) electrons. The number of rotatable bonds is 8. The average Bonchev–Trinajstić information content (AvgIpc) is 3.58. The summed E-state index contributed by atoms with van der Waals surface area (Å²) in [4.78, 5) is 30.2. The van der Waals surface area contributed by atoms with Gasteiger partial charge in [0.1, 0.15) is 11.6 Å². The van der Waals surface area contributed by atoms with Crippen molar-refractivity contribution in [2.24, 2.45) is 0 Å². The maximum atomic E-state index is 12.9. The van der Waals surface area contributed by atoms with E-state index in [-0.39, 0.29) is 23.6 Å². The summed E-state index contributed by atoms with van der Waals surface area (Å²) in [7, 11) is 0. The number of benzene rings is 2. The molecular weight excluding hydrogens is 378 g/mol. The van der Waals surface area contributed by atoms with Crippen LogP contribution in [0, 0.1) is 0 Å². The monoisotopic (exact) mass is 405 g/mol. The molecule has 1 N–H and O–H groups in total. The SMILES string of the molecule is CCOc1ccc(C(C)NC(=O)CCc2nc3ccccc3c(=O)n2C2CC2)cc1. The van der Waals surface area contributed by atoms with E-state index in [1.54, 1.807) is 4.57 Å². The number of nitrogens with zero attached hydrogens (tertiary/aromatic N) is 2. The van der Waals surface area contributed by atoms with Crippen LogP contribution in [0.2, 0.25) is 0 Å². The summed E-state index contributed by atoms with van der Waals surface area (Å²) in [6.45, 7) is 4.53. The third-order valence-corrected chi connectivity index (χ3v) is 5.44. The van der Waals surface area contributed by atoms with Gasteiger partial charge in [-0.25, -0.2) is 4.98 Å². The maximum Gasteiger partial charge on any atom is 0.261 e. The van der Waals surface area contributed by atoms with Crippen LogP contribution in [0.1, 0.15) is 56.6 Å². The first-order chi connectivity index (χ1) is 14.6. The molecule has 1 saturated carbocycles. The van der Waals surface area contributed by atoms with Gasteiger partial charge in [-0.05, 0) is 56.5 Å². The van der Waals surface area contributed by atoms with Gasteiger partial charge in [0.15, 0.2) is 0 Å². The molecule has 1 unspecified atom stereocenters. The molecule has 1 aromatic heterocycles. The molecule has 6 nitrogen and oxygen atoms in total. The van der Waals surface area contributed by atoms with Crippen LogP contribution in [0.25, 0.3) is 10.9 Å². The Morgan fingerprint density at radius 1 is 1.20 bits per heavy atom. The minimum atomic E-state index is -0.108. The number of carbonyl (C=O) groups excluding carboxylic acids is 1. The third-order valence-electron chi connectivity index (χ3n) is 5.44. The largest absolute Gasteiger partial charge is 0.494 e. The molecule has 30 heavy (non-hydrogen) atoms. The van der Waals surface area contributed by atoms with E-state index in [0.717, 1.165) is 24.2 Å². The Bertz CT molecular complexity index is 1100. The number of aromatic nitrogens is 2. The van der Waals surface area contributed by atoms with E-state index in [1.165, 1.54) is 0 Å². The predicted octanol–water partition coefficient (Wildman–Crippen LogP) is 3.94. The Morgan fingerprint density at radius 3 is 2.63 bits per heavy atom. The molecule has 6 heteroatoms. The van der Waals surface area contributed by atoms with E-state index in [2.05, 4.69) is 5.32 Å². The summed E-state index contributed by atoms with van der Waals surface area (Å²) in [5.41, 5.74) is 1.71. The number of amides is 1. The molecule has 0 spiro atoms. The number of hydrogen-bond donors (Lipinski definition) is 1. The quantitative estimate of drug-likeness (QED) is 0.616. The zero-order chi connectivity index (χ0) is 21.1. The van der Waals surface area contributed by atoms with E-state index < -0.39 is 0 Å². The van der Waals surface area contributed by atoms with Crippen molar-refractivity contribution in [1.29, 1.82) is 0 Å². The highest BCUT2D eigenvalue weighted by atomic mass is 16.5. The lowest BCUT2D eigenvalue weighted by molar-refractivity contribution is -0.121. The zero-order valence-corrected chi connectivity index (χ0v) is 17.4. The summed E-state index contributed by atoms with van der Waals surface area (Å²) in [6.07, 6.45) is 2.72.